The fourth-order valence-electron chi connectivity index (χ4n) is 3.72. The highest BCUT2D eigenvalue weighted by Gasteiger charge is 2.23. The second-order valence-corrected chi connectivity index (χ2v) is 5.98. The Morgan fingerprint density at radius 1 is 0.850 bits per heavy atom. The van der Waals surface area contributed by atoms with Gasteiger partial charge in [0.25, 0.3) is 0 Å². The summed E-state index contributed by atoms with van der Waals surface area (Å²) < 4.78 is 0. The van der Waals surface area contributed by atoms with Crippen molar-refractivity contribution in [1.82, 2.24) is 0 Å². The lowest BCUT2D eigenvalue weighted by Crippen LogP contribution is -2.02. The minimum Gasteiger partial charge on any atom is -0.0654 e. The van der Waals surface area contributed by atoms with Crippen molar-refractivity contribution in [1.29, 1.82) is 0 Å². The van der Waals surface area contributed by atoms with Gasteiger partial charge in [0.2, 0.25) is 0 Å². The van der Waals surface area contributed by atoms with Crippen LogP contribution in [0.1, 0.15) is 62.1 Å². The van der Waals surface area contributed by atoms with Gasteiger partial charge in [-0.25, -0.2) is 0 Å². The second kappa shape index (κ2) is 5.83. The zero-order valence-electron chi connectivity index (χ0n) is 12.7. The maximum absolute atomic E-state index is 2.38. The van der Waals surface area contributed by atoms with Crippen LogP contribution in [0.25, 0.3) is 11.1 Å². The van der Waals surface area contributed by atoms with Crippen molar-refractivity contribution in [3.63, 3.8) is 0 Å². The zero-order chi connectivity index (χ0) is 13.9. The van der Waals surface area contributed by atoms with Crippen LogP contribution in [0.5, 0.6) is 0 Å². The molecule has 1 aliphatic rings. The predicted molar refractivity (Wildman–Crippen MR) is 87.2 cm³/mol. The summed E-state index contributed by atoms with van der Waals surface area (Å²) in [6, 6.07) is 15.8. The van der Waals surface area contributed by atoms with E-state index in [2.05, 4.69) is 56.3 Å². The molecule has 20 heavy (non-hydrogen) atoms. The average molecular weight is 264 g/mol. The van der Waals surface area contributed by atoms with Crippen molar-refractivity contribution < 1.29 is 0 Å². The molecule has 0 unspecified atom stereocenters. The van der Waals surface area contributed by atoms with Gasteiger partial charge >= 0.3 is 0 Å². The molecule has 104 valence electrons. The van der Waals surface area contributed by atoms with E-state index in [1.54, 1.807) is 11.1 Å². The van der Waals surface area contributed by atoms with Gasteiger partial charge in [-0.15, -0.1) is 0 Å². The van der Waals surface area contributed by atoms with E-state index >= 15 is 0 Å². The van der Waals surface area contributed by atoms with Crippen molar-refractivity contribution in [2.75, 3.05) is 0 Å². The van der Waals surface area contributed by atoms with Gasteiger partial charge < -0.3 is 0 Å². The number of rotatable bonds is 5. The smallest absolute Gasteiger partial charge is 0.00106 e. The van der Waals surface area contributed by atoms with Crippen LogP contribution in [0, 0.1) is 0 Å². The summed E-state index contributed by atoms with van der Waals surface area (Å²) in [5.74, 6) is 0.745. The third-order valence-electron chi connectivity index (χ3n) is 4.60. The molecular formula is C20H24. The van der Waals surface area contributed by atoms with E-state index in [1.807, 2.05) is 0 Å². The molecule has 0 heteroatoms. The molecule has 2 aromatic carbocycles. The largest absolute Gasteiger partial charge is 0.0654 e. The first-order chi connectivity index (χ1) is 9.85. The molecule has 0 N–H and O–H groups in total. The molecule has 0 atom stereocenters. The Hall–Kier alpha value is -1.56. The minimum atomic E-state index is 0.745. The normalized spacial score (nSPS) is 12.6. The lowest BCUT2D eigenvalue weighted by Gasteiger charge is -2.19. The number of hydrogen-bond acceptors (Lipinski definition) is 0. The molecule has 0 fully saturated rings. The van der Waals surface area contributed by atoms with E-state index in [1.165, 1.54) is 42.4 Å². The van der Waals surface area contributed by atoms with Gasteiger partial charge in [0.15, 0.2) is 0 Å². The Morgan fingerprint density at radius 3 is 2.30 bits per heavy atom. The predicted octanol–water partition coefficient (Wildman–Crippen LogP) is 5.94. The lowest BCUT2D eigenvalue weighted by atomic mass is 9.85. The van der Waals surface area contributed by atoms with Gasteiger partial charge in [-0.05, 0) is 53.0 Å². The van der Waals surface area contributed by atoms with Crippen molar-refractivity contribution >= 4 is 0 Å². The summed E-state index contributed by atoms with van der Waals surface area (Å²) in [6.45, 7) is 4.61. The van der Waals surface area contributed by atoms with E-state index in [0.29, 0.717) is 0 Å². The first-order valence-electron chi connectivity index (χ1n) is 8.05. The van der Waals surface area contributed by atoms with Crippen molar-refractivity contribution in [3.05, 3.63) is 59.2 Å². The van der Waals surface area contributed by atoms with Crippen LogP contribution in [-0.2, 0) is 6.42 Å². The Bertz CT molecular complexity index is 589. The molecule has 0 amide bonds. The quantitative estimate of drug-likeness (QED) is 0.535. The van der Waals surface area contributed by atoms with Gasteiger partial charge in [-0.1, -0.05) is 69.2 Å². The Labute approximate surface area is 122 Å². The fraction of sp³-hybridized carbons (Fsp3) is 0.400. The van der Waals surface area contributed by atoms with Gasteiger partial charge in [-0.2, -0.15) is 0 Å². The summed E-state index contributed by atoms with van der Waals surface area (Å²) in [4.78, 5) is 0. The van der Waals surface area contributed by atoms with Crippen LogP contribution < -0.4 is 0 Å². The maximum atomic E-state index is 2.38. The monoisotopic (exact) mass is 264 g/mol. The molecule has 0 radical (unpaired) electrons. The molecule has 0 bridgehead atoms. The van der Waals surface area contributed by atoms with E-state index in [9.17, 15) is 0 Å². The molecule has 0 nitrogen and oxygen atoms in total. The van der Waals surface area contributed by atoms with Crippen LogP contribution in [-0.4, -0.2) is 0 Å². The average Bonchev–Trinajstić information content (AvgIpc) is 2.85. The number of benzene rings is 2. The van der Waals surface area contributed by atoms with E-state index in [4.69, 9.17) is 0 Å². The topological polar surface area (TPSA) is 0 Å². The fourth-order valence-corrected chi connectivity index (χ4v) is 3.72. The number of hydrogen-bond donors (Lipinski definition) is 0. The molecule has 3 rings (SSSR count). The highest BCUT2D eigenvalue weighted by molar-refractivity contribution is 5.78. The van der Waals surface area contributed by atoms with Gasteiger partial charge in [0.05, 0.1) is 0 Å². The molecule has 0 aliphatic heterocycles. The lowest BCUT2D eigenvalue weighted by molar-refractivity contribution is 0.558. The van der Waals surface area contributed by atoms with Gasteiger partial charge in [0, 0.05) is 0 Å². The Balaban J connectivity index is 2.04. The van der Waals surface area contributed by atoms with Crippen LogP contribution in [0.4, 0.5) is 0 Å². The Morgan fingerprint density at radius 2 is 1.55 bits per heavy atom. The van der Waals surface area contributed by atoms with Gasteiger partial charge in [-0.3, -0.25) is 0 Å². The van der Waals surface area contributed by atoms with Crippen molar-refractivity contribution in [2.24, 2.45) is 0 Å². The highest BCUT2D eigenvalue weighted by atomic mass is 14.3. The molecular weight excluding hydrogens is 240 g/mol. The van der Waals surface area contributed by atoms with Crippen molar-refractivity contribution in [2.45, 2.75) is 51.9 Å². The molecule has 0 saturated heterocycles. The van der Waals surface area contributed by atoms with Gasteiger partial charge in [0.1, 0.15) is 0 Å². The molecule has 2 aromatic rings. The molecule has 0 spiro atoms. The molecule has 1 aliphatic carbocycles. The highest BCUT2D eigenvalue weighted by Crippen LogP contribution is 2.41. The first-order valence-corrected chi connectivity index (χ1v) is 8.05. The third kappa shape index (κ3) is 2.28. The minimum absolute atomic E-state index is 0.745. The molecule has 0 saturated carbocycles. The summed E-state index contributed by atoms with van der Waals surface area (Å²) in [6.07, 6.45) is 6.33. The van der Waals surface area contributed by atoms with E-state index < -0.39 is 0 Å². The van der Waals surface area contributed by atoms with Crippen LogP contribution >= 0.6 is 0 Å². The first kappa shape index (κ1) is 13.4. The third-order valence-corrected chi connectivity index (χ3v) is 4.60. The summed E-state index contributed by atoms with van der Waals surface area (Å²) in [7, 11) is 0. The van der Waals surface area contributed by atoms with Crippen LogP contribution in [0.15, 0.2) is 42.5 Å². The molecule has 0 heterocycles. The summed E-state index contributed by atoms with van der Waals surface area (Å²) in [5, 5.41) is 0. The summed E-state index contributed by atoms with van der Waals surface area (Å²) >= 11 is 0. The SMILES string of the molecule is CCCC(CCC)c1cccc2c1Cc1ccccc1-2. The van der Waals surface area contributed by atoms with E-state index in [-0.39, 0.29) is 0 Å². The standard InChI is InChI=1S/C20H24/c1-3-8-15(9-4-2)17-12-7-13-19-18-11-6-5-10-16(18)14-20(17)19/h5-7,10-13,15H,3-4,8-9,14H2,1-2H3. The van der Waals surface area contributed by atoms with Crippen LogP contribution in [0.3, 0.4) is 0 Å². The molecule has 0 aromatic heterocycles. The summed E-state index contributed by atoms with van der Waals surface area (Å²) in [5.41, 5.74) is 7.65. The van der Waals surface area contributed by atoms with Crippen LogP contribution in [0.2, 0.25) is 0 Å². The second-order valence-electron chi connectivity index (χ2n) is 5.98. The Kier molecular flexibility index (Phi) is 3.91. The van der Waals surface area contributed by atoms with Crippen molar-refractivity contribution in [3.8, 4) is 11.1 Å². The zero-order valence-corrected chi connectivity index (χ0v) is 12.7. The van der Waals surface area contributed by atoms with E-state index in [0.717, 1.165) is 12.3 Å². The maximum Gasteiger partial charge on any atom is -0.00106 e. The number of fused-ring (bicyclic) bond motifs is 3.